The number of pyridine rings is 1. The van der Waals surface area contributed by atoms with E-state index in [0.717, 1.165) is 0 Å². The van der Waals surface area contributed by atoms with Gasteiger partial charge in [-0.05, 0) is 19.1 Å². The van der Waals surface area contributed by atoms with Crippen molar-refractivity contribution in [3.8, 4) is 0 Å². The normalized spacial score (nSPS) is 22.8. The summed E-state index contributed by atoms with van der Waals surface area (Å²) in [6, 6.07) is 3.08. The zero-order valence-electron chi connectivity index (χ0n) is 14.6. The Kier molecular flexibility index (Phi) is 8.55. The van der Waals surface area contributed by atoms with Crippen molar-refractivity contribution in [2.24, 2.45) is 5.73 Å². The lowest BCUT2D eigenvalue weighted by Crippen LogP contribution is -2.59. The molecule has 2 fully saturated rings. The Bertz CT molecular complexity index is 626. The second-order valence-corrected chi connectivity index (χ2v) is 6.06. The number of hydrogen-bond acceptors (Lipinski definition) is 6. The molecule has 2 aliphatic heterocycles. The molecule has 2 aliphatic rings. The number of primary amides is 1. The molecule has 1 aromatic rings. The maximum absolute atomic E-state index is 12.7. The molecule has 8 nitrogen and oxygen atoms in total. The summed E-state index contributed by atoms with van der Waals surface area (Å²) < 4.78 is 5.55. The van der Waals surface area contributed by atoms with Crippen LogP contribution in [0.25, 0.3) is 0 Å². The minimum absolute atomic E-state index is 0. The van der Waals surface area contributed by atoms with E-state index in [-0.39, 0.29) is 42.9 Å². The van der Waals surface area contributed by atoms with Crippen LogP contribution in [0.5, 0.6) is 0 Å². The third-order valence-corrected chi connectivity index (χ3v) is 4.53. The number of nitrogens with one attached hydrogen (secondary N) is 1. The van der Waals surface area contributed by atoms with E-state index in [0.29, 0.717) is 50.7 Å². The molecule has 0 aliphatic carbocycles. The summed E-state index contributed by atoms with van der Waals surface area (Å²) in [6.07, 6.45) is 1.52. The number of piperazine rings is 1. The van der Waals surface area contributed by atoms with Crippen molar-refractivity contribution < 1.29 is 14.3 Å². The van der Waals surface area contributed by atoms with Crippen molar-refractivity contribution in [1.29, 1.82) is 0 Å². The quantitative estimate of drug-likeness (QED) is 0.736. The highest BCUT2D eigenvalue weighted by Gasteiger charge is 2.33. The van der Waals surface area contributed by atoms with Crippen molar-refractivity contribution in [2.75, 3.05) is 44.2 Å². The average molecular weight is 406 g/mol. The Morgan fingerprint density at radius 1 is 1.27 bits per heavy atom. The first kappa shape index (κ1) is 22.4. The van der Waals surface area contributed by atoms with Crippen LogP contribution in [0.15, 0.2) is 18.3 Å². The van der Waals surface area contributed by atoms with Crippen molar-refractivity contribution in [3.63, 3.8) is 0 Å². The van der Waals surface area contributed by atoms with Crippen molar-refractivity contribution >= 4 is 42.4 Å². The van der Waals surface area contributed by atoms with E-state index in [1.54, 1.807) is 18.3 Å². The van der Waals surface area contributed by atoms with Crippen LogP contribution in [0.1, 0.15) is 17.3 Å². The van der Waals surface area contributed by atoms with Gasteiger partial charge < -0.3 is 25.6 Å². The lowest BCUT2D eigenvalue weighted by molar-refractivity contribution is -0.139. The molecule has 26 heavy (non-hydrogen) atoms. The third kappa shape index (κ3) is 4.76. The van der Waals surface area contributed by atoms with Crippen molar-refractivity contribution in [1.82, 2.24) is 15.2 Å². The SMILES string of the molecule is C[C@H]1OCCN[C@@H]1C(=O)N1CCN(c2ncccc2C(N)=O)CC1.Cl.Cl. The van der Waals surface area contributed by atoms with E-state index in [1.165, 1.54) is 0 Å². The first-order valence-corrected chi connectivity index (χ1v) is 8.21. The molecule has 3 rings (SSSR count). The Morgan fingerprint density at radius 3 is 2.58 bits per heavy atom. The van der Waals surface area contributed by atoms with Crippen LogP contribution in [-0.4, -0.2) is 73.2 Å². The number of ether oxygens (including phenoxy) is 1. The number of anilines is 1. The van der Waals surface area contributed by atoms with Gasteiger partial charge in [0.15, 0.2) is 0 Å². The molecule has 0 aromatic carbocycles. The standard InChI is InChI=1S/C16H23N5O3.2ClH/c1-11-13(18-5-10-24-11)16(23)21-8-6-20(7-9-21)15-12(14(17)22)3-2-4-19-15;;/h2-4,11,13,18H,5-10H2,1H3,(H2,17,22);2*1H/t11-,13+;;/m1../s1. The van der Waals surface area contributed by atoms with Crippen LogP contribution >= 0.6 is 24.8 Å². The van der Waals surface area contributed by atoms with Gasteiger partial charge in [0.05, 0.1) is 18.3 Å². The first-order chi connectivity index (χ1) is 11.6. The van der Waals surface area contributed by atoms with E-state index in [1.807, 2.05) is 16.7 Å². The summed E-state index contributed by atoms with van der Waals surface area (Å²) in [5, 5.41) is 3.23. The molecule has 2 atom stereocenters. The van der Waals surface area contributed by atoms with Gasteiger partial charge in [0.2, 0.25) is 5.91 Å². The molecular formula is C16H25Cl2N5O3. The van der Waals surface area contributed by atoms with Crippen LogP contribution in [0.3, 0.4) is 0 Å². The van der Waals surface area contributed by atoms with Crippen LogP contribution in [0.4, 0.5) is 5.82 Å². The number of amides is 2. The van der Waals surface area contributed by atoms with E-state index in [2.05, 4.69) is 10.3 Å². The van der Waals surface area contributed by atoms with Gasteiger partial charge in [-0.2, -0.15) is 0 Å². The molecule has 3 heterocycles. The monoisotopic (exact) mass is 405 g/mol. The van der Waals surface area contributed by atoms with Crippen LogP contribution in [-0.2, 0) is 9.53 Å². The summed E-state index contributed by atoms with van der Waals surface area (Å²) in [7, 11) is 0. The van der Waals surface area contributed by atoms with Crippen LogP contribution in [0.2, 0.25) is 0 Å². The number of halogens is 2. The number of carbonyl (C=O) groups is 2. The maximum atomic E-state index is 12.7. The minimum atomic E-state index is -0.492. The van der Waals surface area contributed by atoms with E-state index in [4.69, 9.17) is 10.5 Å². The number of morpholine rings is 1. The van der Waals surface area contributed by atoms with Gasteiger partial charge in [0, 0.05) is 38.9 Å². The fraction of sp³-hybridized carbons (Fsp3) is 0.562. The van der Waals surface area contributed by atoms with Gasteiger partial charge in [-0.15, -0.1) is 24.8 Å². The largest absolute Gasteiger partial charge is 0.375 e. The number of hydrogen-bond donors (Lipinski definition) is 2. The summed E-state index contributed by atoms with van der Waals surface area (Å²) in [4.78, 5) is 32.3. The Morgan fingerprint density at radius 2 is 1.96 bits per heavy atom. The summed E-state index contributed by atoms with van der Waals surface area (Å²) >= 11 is 0. The lowest BCUT2D eigenvalue weighted by Gasteiger charge is -2.39. The second kappa shape index (κ2) is 9.91. The van der Waals surface area contributed by atoms with Gasteiger partial charge in [-0.1, -0.05) is 0 Å². The summed E-state index contributed by atoms with van der Waals surface area (Å²) in [6.45, 7) is 5.63. The Hall–Kier alpha value is -1.61. The summed E-state index contributed by atoms with van der Waals surface area (Å²) in [5.41, 5.74) is 5.83. The van der Waals surface area contributed by atoms with Crippen molar-refractivity contribution in [2.45, 2.75) is 19.1 Å². The van der Waals surface area contributed by atoms with E-state index < -0.39 is 5.91 Å². The maximum Gasteiger partial charge on any atom is 0.252 e. The second-order valence-electron chi connectivity index (χ2n) is 6.06. The number of nitrogens with two attached hydrogens (primary N) is 1. The van der Waals surface area contributed by atoms with E-state index in [9.17, 15) is 9.59 Å². The molecule has 0 bridgehead atoms. The van der Waals surface area contributed by atoms with Gasteiger partial charge in [0.25, 0.3) is 5.91 Å². The zero-order chi connectivity index (χ0) is 17.1. The Labute approximate surface area is 165 Å². The fourth-order valence-corrected chi connectivity index (χ4v) is 3.19. The number of carbonyl (C=O) groups excluding carboxylic acids is 2. The number of rotatable bonds is 3. The van der Waals surface area contributed by atoms with Gasteiger partial charge in [0.1, 0.15) is 11.9 Å². The molecule has 2 saturated heterocycles. The highest BCUT2D eigenvalue weighted by atomic mass is 35.5. The number of nitrogens with zero attached hydrogens (tertiary/aromatic N) is 3. The molecule has 1 aromatic heterocycles. The molecule has 0 unspecified atom stereocenters. The fourth-order valence-electron chi connectivity index (χ4n) is 3.19. The molecule has 2 amide bonds. The van der Waals surface area contributed by atoms with Gasteiger partial charge in [-0.25, -0.2) is 4.98 Å². The van der Waals surface area contributed by atoms with Gasteiger partial charge in [-0.3, -0.25) is 9.59 Å². The smallest absolute Gasteiger partial charge is 0.252 e. The molecule has 0 radical (unpaired) electrons. The van der Waals surface area contributed by atoms with Gasteiger partial charge >= 0.3 is 0 Å². The molecule has 0 spiro atoms. The van der Waals surface area contributed by atoms with Crippen LogP contribution < -0.4 is 16.0 Å². The third-order valence-electron chi connectivity index (χ3n) is 4.53. The van der Waals surface area contributed by atoms with Crippen LogP contribution in [0, 0.1) is 0 Å². The highest BCUT2D eigenvalue weighted by molar-refractivity contribution is 5.97. The zero-order valence-corrected chi connectivity index (χ0v) is 16.2. The van der Waals surface area contributed by atoms with Crippen molar-refractivity contribution in [3.05, 3.63) is 23.9 Å². The molecule has 3 N–H and O–H groups in total. The minimum Gasteiger partial charge on any atom is -0.375 e. The topological polar surface area (TPSA) is 101 Å². The summed E-state index contributed by atoms with van der Waals surface area (Å²) in [5.74, 6) is 0.163. The number of aromatic nitrogens is 1. The highest BCUT2D eigenvalue weighted by Crippen LogP contribution is 2.19. The van der Waals surface area contributed by atoms with E-state index >= 15 is 0 Å². The molecule has 10 heteroatoms. The lowest BCUT2D eigenvalue weighted by atomic mass is 10.1. The molecule has 146 valence electrons. The molecule has 0 saturated carbocycles. The predicted octanol–water partition coefficient (Wildman–Crippen LogP) is 0.0496. The molecular weight excluding hydrogens is 381 g/mol. The first-order valence-electron chi connectivity index (χ1n) is 8.21. The average Bonchev–Trinajstić information content (AvgIpc) is 2.62. The Balaban J connectivity index is 0.00000169. The predicted molar refractivity (Wildman–Crippen MR) is 103 cm³/mol.